The van der Waals surface area contributed by atoms with Crippen LogP contribution in [0.1, 0.15) is 6.92 Å². The second-order valence-electron chi connectivity index (χ2n) is 3.11. The van der Waals surface area contributed by atoms with Crippen molar-refractivity contribution in [2.45, 2.75) is 6.92 Å². The van der Waals surface area contributed by atoms with Crippen molar-refractivity contribution >= 4 is 5.95 Å². The van der Waals surface area contributed by atoms with Crippen molar-refractivity contribution in [1.29, 1.82) is 0 Å². The van der Waals surface area contributed by atoms with Gasteiger partial charge in [0.2, 0.25) is 5.95 Å². The van der Waals surface area contributed by atoms with Crippen LogP contribution in [0.25, 0.3) is 5.95 Å². The van der Waals surface area contributed by atoms with Crippen molar-refractivity contribution < 1.29 is 4.74 Å². The molecule has 2 heterocycles. The number of aromatic nitrogens is 6. The fraction of sp³-hybridized carbons (Fsp3) is 0.222. The van der Waals surface area contributed by atoms with E-state index >= 15 is 0 Å². The van der Waals surface area contributed by atoms with Gasteiger partial charge < -0.3 is 4.74 Å². The molecule has 0 aromatic carbocycles. The molecule has 2 aromatic rings. The molecular weight excluding hydrogens is 236 g/mol. The third-order valence-corrected chi connectivity index (χ3v) is 1.90. The van der Waals surface area contributed by atoms with Crippen molar-refractivity contribution in [3.63, 3.8) is 0 Å². The molecule has 18 heavy (non-hydrogen) atoms. The van der Waals surface area contributed by atoms with E-state index in [4.69, 9.17) is 10.6 Å². The Bertz CT molecular complexity index is 523. The molecule has 0 aliphatic carbocycles. The lowest BCUT2D eigenvalue weighted by Crippen LogP contribution is -2.15. The van der Waals surface area contributed by atoms with Crippen LogP contribution in [0.3, 0.4) is 0 Å². The van der Waals surface area contributed by atoms with Gasteiger partial charge in [-0.3, -0.25) is 5.43 Å². The van der Waals surface area contributed by atoms with Gasteiger partial charge in [0.25, 0.3) is 5.95 Å². The van der Waals surface area contributed by atoms with Gasteiger partial charge in [0.05, 0.1) is 0 Å². The molecular formula is C9H12N8O. The zero-order valence-corrected chi connectivity index (χ0v) is 9.69. The van der Waals surface area contributed by atoms with E-state index in [0.717, 1.165) is 0 Å². The molecule has 0 spiro atoms. The van der Waals surface area contributed by atoms with Gasteiger partial charge in [0, 0.05) is 0 Å². The number of nitrogens with zero attached hydrogens (tertiary/aromatic N) is 6. The molecule has 0 saturated heterocycles. The molecule has 2 aromatic heterocycles. The minimum Gasteiger partial charge on any atom is -0.459 e. The molecule has 3 N–H and O–H groups in total. The molecule has 0 saturated carbocycles. The third kappa shape index (κ3) is 2.77. The molecule has 0 radical (unpaired) electrons. The molecule has 0 fully saturated rings. The maximum atomic E-state index is 5.32. The van der Waals surface area contributed by atoms with Crippen LogP contribution < -0.4 is 16.0 Å². The van der Waals surface area contributed by atoms with Crippen LogP contribution >= 0.6 is 0 Å². The van der Waals surface area contributed by atoms with Crippen LogP contribution in [-0.4, -0.2) is 36.3 Å². The Labute approximate surface area is 103 Å². The van der Waals surface area contributed by atoms with Crippen molar-refractivity contribution in [3.05, 3.63) is 24.8 Å². The maximum Gasteiger partial charge on any atom is 0.323 e. The standard InChI is InChI=1S/C9H12N8O/c1-2-3-4-18-9-14-7(16-10)13-8(15-9)17-6-11-5-12-17/h2-3,5-6H,4,10H2,1H3,(H,13,14,15,16)/b3-2+. The highest BCUT2D eigenvalue weighted by Gasteiger charge is 2.08. The lowest BCUT2D eigenvalue weighted by molar-refractivity contribution is 0.331. The van der Waals surface area contributed by atoms with Gasteiger partial charge in [-0.25, -0.2) is 10.8 Å². The number of nitrogens with one attached hydrogen (secondary N) is 1. The van der Waals surface area contributed by atoms with Gasteiger partial charge in [-0.15, -0.1) is 0 Å². The van der Waals surface area contributed by atoms with Crippen molar-refractivity contribution in [2.24, 2.45) is 5.84 Å². The van der Waals surface area contributed by atoms with E-state index in [9.17, 15) is 0 Å². The molecule has 0 bridgehead atoms. The van der Waals surface area contributed by atoms with Gasteiger partial charge in [-0.1, -0.05) is 12.2 Å². The number of hydrazine groups is 1. The molecule has 9 heteroatoms. The topological polar surface area (TPSA) is 117 Å². The van der Waals surface area contributed by atoms with Crippen LogP contribution in [-0.2, 0) is 0 Å². The summed E-state index contributed by atoms with van der Waals surface area (Å²) in [5.74, 6) is 5.73. The van der Waals surface area contributed by atoms with Crippen LogP contribution in [0.5, 0.6) is 6.01 Å². The summed E-state index contributed by atoms with van der Waals surface area (Å²) in [5.41, 5.74) is 2.34. The summed E-state index contributed by atoms with van der Waals surface area (Å²) < 4.78 is 6.70. The average Bonchev–Trinajstić information content (AvgIpc) is 2.92. The highest BCUT2D eigenvalue weighted by atomic mass is 16.5. The number of ether oxygens (including phenoxy) is 1. The monoisotopic (exact) mass is 248 g/mol. The fourth-order valence-electron chi connectivity index (χ4n) is 1.11. The summed E-state index contributed by atoms with van der Waals surface area (Å²) >= 11 is 0. The first-order valence-corrected chi connectivity index (χ1v) is 5.15. The molecule has 0 amide bonds. The van der Waals surface area contributed by atoms with E-state index in [1.165, 1.54) is 17.3 Å². The average molecular weight is 248 g/mol. The third-order valence-electron chi connectivity index (χ3n) is 1.90. The first-order chi connectivity index (χ1) is 8.83. The molecule has 0 atom stereocenters. The second-order valence-corrected chi connectivity index (χ2v) is 3.11. The predicted molar refractivity (Wildman–Crippen MR) is 62.9 cm³/mol. The maximum absolute atomic E-state index is 5.32. The van der Waals surface area contributed by atoms with Crippen molar-refractivity contribution in [3.8, 4) is 12.0 Å². The molecule has 0 unspecified atom stereocenters. The highest BCUT2D eigenvalue weighted by Crippen LogP contribution is 2.09. The Kier molecular flexibility index (Phi) is 3.76. The van der Waals surface area contributed by atoms with Gasteiger partial charge in [0.1, 0.15) is 19.3 Å². The highest BCUT2D eigenvalue weighted by molar-refractivity contribution is 5.28. The van der Waals surface area contributed by atoms with E-state index in [-0.39, 0.29) is 17.9 Å². The second kappa shape index (κ2) is 5.68. The Morgan fingerprint density at radius 3 is 3.00 bits per heavy atom. The quantitative estimate of drug-likeness (QED) is 0.420. The van der Waals surface area contributed by atoms with Crippen LogP contribution in [0.4, 0.5) is 5.95 Å². The Hall–Kier alpha value is -2.55. The van der Waals surface area contributed by atoms with Gasteiger partial charge >= 0.3 is 6.01 Å². The van der Waals surface area contributed by atoms with E-state index in [1.54, 1.807) is 0 Å². The number of anilines is 1. The van der Waals surface area contributed by atoms with Gasteiger partial charge in [-0.05, 0) is 6.92 Å². The minimum absolute atomic E-state index is 0.154. The van der Waals surface area contributed by atoms with Crippen LogP contribution in [0, 0.1) is 0 Å². The van der Waals surface area contributed by atoms with E-state index < -0.39 is 0 Å². The minimum atomic E-state index is 0.154. The largest absolute Gasteiger partial charge is 0.459 e. The first kappa shape index (κ1) is 11.9. The summed E-state index contributed by atoms with van der Waals surface area (Å²) in [6, 6.07) is 0.154. The van der Waals surface area contributed by atoms with Crippen LogP contribution in [0.15, 0.2) is 24.8 Å². The lowest BCUT2D eigenvalue weighted by Gasteiger charge is -2.05. The summed E-state index contributed by atoms with van der Waals surface area (Å²) in [5, 5.41) is 3.91. The summed E-state index contributed by atoms with van der Waals surface area (Å²) in [7, 11) is 0. The summed E-state index contributed by atoms with van der Waals surface area (Å²) in [6.07, 6.45) is 6.53. The normalized spacial score (nSPS) is 10.8. The molecule has 9 nitrogen and oxygen atoms in total. The number of hydrogen-bond donors (Lipinski definition) is 2. The lowest BCUT2D eigenvalue weighted by atomic mass is 10.6. The Balaban J connectivity index is 2.27. The fourth-order valence-corrected chi connectivity index (χ4v) is 1.11. The molecule has 0 aliphatic heterocycles. The molecule has 2 rings (SSSR count). The zero-order chi connectivity index (χ0) is 12.8. The summed E-state index contributed by atoms with van der Waals surface area (Å²) in [4.78, 5) is 15.9. The summed E-state index contributed by atoms with van der Waals surface area (Å²) in [6.45, 7) is 2.26. The van der Waals surface area contributed by atoms with Crippen LogP contribution in [0.2, 0.25) is 0 Å². The number of rotatable bonds is 5. The first-order valence-electron chi connectivity index (χ1n) is 5.15. The van der Waals surface area contributed by atoms with Crippen molar-refractivity contribution in [1.82, 2.24) is 29.7 Å². The Morgan fingerprint density at radius 1 is 1.44 bits per heavy atom. The molecule has 94 valence electrons. The van der Waals surface area contributed by atoms with E-state index in [2.05, 4.69) is 30.5 Å². The number of nitrogen functional groups attached to an aromatic ring is 1. The molecule has 0 aliphatic rings. The van der Waals surface area contributed by atoms with E-state index in [1.807, 2.05) is 19.1 Å². The van der Waals surface area contributed by atoms with Gasteiger partial charge in [-0.2, -0.15) is 24.7 Å². The zero-order valence-electron chi connectivity index (χ0n) is 9.69. The van der Waals surface area contributed by atoms with E-state index in [0.29, 0.717) is 6.61 Å². The number of nitrogens with two attached hydrogens (primary N) is 1. The number of hydrogen-bond acceptors (Lipinski definition) is 8. The van der Waals surface area contributed by atoms with Gasteiger partial charge in [0.15, 0.2) is 0 Å². The Morgan fingerprint density at radius 2 is 2.33 bits per heavy atom. The predicted octanol–water partition coefficient (Wildman–Crippen LogP) is -0.307. The smallest absolute Gasteiger partial charge is 0.323 e. The number of allylic oxidation sites excluding steroid dienone is 1. The SMILES string of the molecule is C/C=C/COc1nc(NN)nc(-n2cncn2)n1. The van der Waals surface area contributed by atoms with Crippen molar-refractivity contribution in [2.75, 3.05) is 12.0 Å².